The molecule has 0 unspecified atom stereocenters. The second-order valence-corrected chi connectivity index (χ2v) is 17.6. The fourth-order valence-corrected chi connectivity index (χ4v) is 6.92. The quantitative estimate of drug-likeness (QED) is 0.0291. The van der Waals surface area contributed by atoms with Gasteiger partial charge in [-0.3, -0.25) is 18.7 Å². The zero-order chi connectivity index (χ0) is 53.0. The molecule has 0 saturated heterocycles. The number of carbonyl (C=O) groups is 3. The molecule has 1 amide bonds. The molecule has 22 nitrogen and oxygen atoms in total. The van der Waals surface area contributed by atoms with Crippen LogP contribution in [0.3, 0.4) is 0 Å². The molecule has 4 aromatic heterocycles. The van der Waals surface area contributed by atoms with Gasteiger partial charge in [0.2, 0.25) is 11.9 Å². The van der Waals surface area contributed by atoms with Crippen molar-refractivity contribution in [3.8, 4) is 34.4 Å². The van der Waals surface area contributed by atoms with Crippen molar-refractivity contribution in [2.75, 3.05) is 50.2 Å². The number of nitrogens with zero attached hydrogens (tertiary/aromatic N) is 8. The molecule has 8 rings (SSSR count). The summed E-state index contributed by atoms with van der Waals surface area (Å²) in [5, 5.41) is 26.6. The number of halogens is 1. The fraction of sp³-hybridized carbons (Fsp3) is 0.302. The highest BCUT2D eigenvalue weighted by atomic mass is 35.5. The summed E-state index contributed by atoms with van der Waals surface area (Å²) in [4.78, 5) is 59.7. The van der Waals surface area contributed by atoms with Crippen LogP contribution in [0.15, 0.2) is 122 Å². The van der Waals surface area contributed by atoms with Crippen LogP contribution >= 0.6 is 12.4 Å². The van der Waals surface area contributed by atoms with Crippen molar-refractivity contribution >= 4 is 76.0 Å². The zero-order valence-electron chi connectivity index (χ0n) is 42.3. The van der Waals surface area contributed by atoms with Gasteiger partial charge in [-0.05, 0) is 150 Å². The van der Waals surface area contributed by atoms with Crippen molar-refractivity contribution in [3.05, 3.63) is 122 Å². The molecule has 400 valence electrons. The van der Waals surface area contributed by atoms with Crippen LogP contribution in [0.25, 0.3) is 33.7 Å². The summed E-state index contributed by atoms with van der Waals surface area (Å²) in [6.07, 6.45) is 8.78. The number of aliphatic carboxylic acids is 2. The first kappa shape index (κ1) is 56.5. The SMILES string of the molecule is CC(C)(C)OC(=O)NCCCOc1ccc(Nc2ncc3ncn(-c4ccc(OCCCC(=O)O)cc4)c3n2)cc1.Cl.NCCCOc1ccc(Nc2ncc3ncn(-c4ccc(OCCCC(=O)O)cc4)c3n2)cc1. The number of fused-ring (bicyclic) bond motifs is 2. The number of aromatic nitrogens is 8. The molecule has 0 radical (unpaired) electrons. The van der Waals surface area contributed by atoms with E-state index in [1.807, 2.05) is 127 Å². The van der Waals surface area contributed by atoms with Gasteiger partial charge in [0.05, 0.1) is 38.8 Å². The number of anilines is 4. The van der Waals surface area contributed by atoms with Gasteiger partial charge in [-0.2, -0.15) is 9.97 Å². The number of imidazole rings is 2. The number of amides is 1. The number of hydrogen-bond acceptors (Lipinski definition) is 17. The Labute approximate surface area is 444 Å². The molecular formula is C53H61ClN12O10. The van der Waals surface area contributed by atoms with Gasteiger partial charge in [-0.15, -0.1) is 12.4 Å². The van der Waals surface area contributed by atoms with E-state index in [9.17, 15) is 14.4 Å². The molecule has 0 aliphatic carbocycles. The molecule has 76 heavy (non-hydrogen) atoms. The van der Waals surface area contributed by atoms with Crippen molar-refractivity contribution in [2.45, 2.75) is 64.9 Å². The average Bonchev–Trinajstić information content (AvgIpc) is 4.02. The first-order chi connectivity index (χ1) is 36.3. The summed E-state index contributed by atoms with van der Waals surface area (Å²) < 4.78 is 31.5. The number of ether oxygens (including phenoxy) is 5. The zero-order valence-corrected chi connectivity index (χ0v) is 43.1. The van der Waals surface area contributed by atoms with Gasteiger partial charge in [-0.25, -0.2) is 24.7 Å². The van der Waals surface area contributed by atoms with Gasteiger partial charge in [0.1, 0.15) is 52.3 Å². The van der Waals surface area contributed by atoms with Gasteiger partial charge < -0.3 is 55.6 Å². The van der Waals surface area contributed by atoms with Crippen molar-refractivity contribution in [1.29, 1.82) is 0 Å². The lowest BCUT2D eigenvalue weighted by Gasteiger charge is -2.19. The molecule has 0 saturated carbocycles. The van der Waals surface area contributed by atoms with Crippen LogP contribution < -0.4 is 40.6 Å². The van der Waals surface area contributed by atoms with Gasteiger partial charge in [-0.1, -0.05) is 0 Å². The number of benzene rings is 4. The number of nitrogens with one attached hydrogen (secondary N) is 3. The lowest BCUT2D eigenvalue weighted by atomic mass is 10.2. The van der Waals surface area contributed by atoms with Crippen molar-refractivity contribution in [2.24, 2.45) is 5.73 Å². The van der Waals surface area contributed by atoms with Crippen LogP contribution in [0, 0.1) is 0 Å². The van der Waals surface area contributed by atoms with E-state index in [1.165, 1.54) is 0 Å². The number of alkyl carbamates (subject to hydrolysis) is 1. The molecule has 8 aromatic rings. The number of nitrogens with two attached hydrogens (primary N) is 1. The molecule has 0 aliphatic heterocycles. The molecule has 7 N–H and O–H groups in total. The standard InChI is InChI=1S/C29H34N6O6.C24H26N6O4.ClH/c1-29(2,3)41-28(38)30-15-5-17-40-22-11-7-20(8-12-22)33-27-31-18-24-26(34-27)35(19-32-24)21-9-13-23(14-10-21)39-16-4-6-25(36)37;25-12-2-14-34-19-8-4-17(5-9-19)28-24-26-15-21-23(29-24)30(16-27-21)18-6-10-20(11-7-18)33-13-1-3-22(31)32;/h7-14,18-19H,4-6,15-17H2,1-3H3,(H,30,38)(H,36,37)(H,31,33,34);4-11,15-16H,1-3,12-14,25H2,(H,31,32)(H,26,28,29);1H. The smallest absolute Gasteiger partial charge is 0.407 e. The van der Waals surface area contributed by atoms with E-state index in [-0.39, 0.29) is 25.2 Å². The van der Waals surface area contributed by atoms with E-state index >= 15 is 0 Å². The first-order valence-electron chi connectivity index (χ1n) is 24.3. The average molecular weight is 1060 g/mol. The molecule has 4 aromatic carbocycles. The monoisotopic (exact) mass is 1060 g/mol. The maximum atomic E-state index is 11.7. The topological polar surface area (TPSA) is 287 Å². The van der Waals surface area contributed by atoms with Crippen molar-refractivity contribution in [3.63, 3.8) is 0 Å². The van der Waals surface area contributed by atoms with Crippen molar-refractivity contribution < 1.29 is 48.3 Å². The summed E-state index contributed by atoms with van der Waals surface area (Å²) in [6.45, 7) is 8.24. The highest BCUT2D eigenvalue weighted by Gasteiger charge is 2.16. The predicted octanol–water partition coefficient (Wildman–Crippen LogP) is 9.05. The molecular weight excluding hydrogens is 1000 g/mol. The highest BCUT2D eigenvalue weighted by Crippen LogP contribution is 2.25. The third-order valence-corrected chi connectivity index (χ3v) is 10.5. The molecule has 4 heterocycles. The van der Waals surface area contributed by atoms with E-state index in [4.69, 9.17) is 39.6 Å². The lowest BCUT2D eigenvalue weighted by Crippen LogP contribution is -2.33. The van der Waals surface area contributed by atoms with Crippen LogP contribution in [0.1, 0.15) is 59.3 Å². The largest absolute Gasteiger partial charge is 0.494 e. The number of carboxylic acids is 2. The van der Waals surface area contributed by atoms with Crippen LogP contribution in [0.4, 0.5) is 28.1 Å². The molecule has 0 atom stereocenters. The van der Waals surface area contributed by atoms with E-state index in [1.54, 1.807) is 25.0 Å². The number of hydrogen-bond donors (Lipinski definition) is 6. The second kappa shape index (κ2) is 28.1. The van der Waals surface area contributed by atoms with Crippen molar-refractivity contribution in [1.82, 2.24) is 44.4 Å². The molecule has 23 heteroatoms. The third kappa shape index (κ3) is 17.7. The van der Waals surface area contributed by atoms with E-state index < -0.39 is 23.6 Å². The van der Waals surface area contributed by atoms with Gasteiger partial charge in [0, 0.05) is 42.1 Å². The maximum absolute atomic E-state index is 11.7. The summed E-state index contributed by atoms with van der Waals surface area (Å²) in [5.74, 6) is 2.02. The summed E-state index contributed by atoms with van der Waals surface area (Å²) in [5.41, 5.74) is 10.9. The Hall–Kier alpha value is -8.76. The third-order valence-electron chi connectivity index (χ3n) is 10.5. The Bertz CT molecular complexity index is 3100. The molecule has 0 spiro atoms. The molecule has 0 fully saturated rings. The van der Waals surface area contributed by atoms with E-state index in [0.29, 0.717) is 110 Å². The minimum absolute atomic E-state index is 0. The fourth-order valence-electron chi connectivity index (χ4n) is 6.92. The Morgan fingerprint density at radius 2 is 0.934 bits per heavy atom. The van der Waals surface area contributed by atoms with Crippen LogP contribution in [-0.4, -0.2) is 112 Å². The summed E-state index contributed by atoms with van der Waals surface area (Å²) in [6, 6.07) is 29.9. The van der Waals surface area contributed by atoms with Crippen LogP contribution in [-0.2, 0) is 14.3 Å². The molecule has 0 aliphatic rings. The van der Waals surface area contributed by atoms with E-state index in [2.05, 4.69) is 45.9 Å². The van der Waals surface area contributed by atoms with E-state index in [0.717, 1.165) is 34.9 Å². The van der Waals surface area contributed by atoms with Gasteiger partial charge in [0.15, 0.2) is 11.3 Å². The lowest BCUT2D eigenvalue weighted by molar-refractivity contribution is -0.138. The Balaban J connectivity index is 0.000000247. The van der Waals surface area contributed by atoms with Gasteiger partial charge in [0.25, 0.3) is 0 Å². The summed E-state index contributed by atoms with van der Waals surface area (Å²) >= 11 is 0. The second-order valence-electron chi connectivity index (χ2n) is 17.6. The highest BCUT2D eigenvalue weighted by molar-refractivity contribution is 5.85. The van der Waals surface area contributed by atoms with Gasteiger partial charge >= 0.3 is 18.0 Å². The van der Waals surface area contributed by atoms with Crippen LogP contribution in [0.5, 0.6) is 23.0 Å². The van der Waals surface area contributed by atoms with Crippen LogP contribution in [0.2, 0.25) is 0 Å². The molecule has 0 bridgehead atoms. The Kier molecular flexibility index (Phi) is 20.9. The first-order valence-corrected chi connectivity index (χ1v) is 24.3. The minimum atomic E-state index is -0.837. The number of carbonyl (C=O) groups excluding carboxylic acids is 1. The summed E-state index contributed by atoms with van der Waals surface area (Å²) in [7, 11) is 0. The Morgan fingerprint density at radius 3 is 1.32 bits per heavy atom. The number of rotatable bonds is 25. The Morgan fingerprint density at radius 1 is 0.553 bits per heavy atom. The predicted molar refractivity (Wildman–Crippen MR) is 288 cm³/mol. The normalized spacial score (nSPS) is 10.9. The minimum Gasteiger partial charge on any atom is -0.494 e. The number of carboxylic acid groups (broad SMARTS) is 2. The maximum Gasteiger partial charge on any atom is 0.407 e.